The Morgan fingerprint density at radius 2 is 2.13 bits per heavy atom. The molecule has 1 saturated carbocycles. The molecule has 1 aliphatic rings. The molecule has 1 aliphatic carbocycles. The maximum absolute atomic E-state index is 12.6. The fraction of sp³-hybridized carbons (Fsp3) is 0.316. The molecule has 0 radical (unpaired) electrons. The normalized spacial score (nSPS) is 14.9. The van der Waals surface area contributed by atoms with E-state index in [1.807, 2.05) is 12.2 Å². The van der Waals surface area contributed by atoms with Crippen LogP contribution in [0.15, 0.2) is 24.5 Å². The second-order valence-corrected chi connectivity index (χ2v) is 6.89. The quantitative estimate of drug-likeness (QED) is 0.554. The number of rotatable bonds is 6. The van der Waals surface area contributed by atoms with Crippen LogP contribution in [0, 0.1) is 12.8 Å². The standard InChI is InChI=1S/C19H21N9O2/c1-10-12(14-9-22-28(3)27-14)6-7-21-17(10)23-13-8-15(24-18(29)11-4-5-11)25-26-16(13)19(30)20-2/h6-9,11H,4-5H2,1-3H3,(H,20,30)(H2,21,23,24,25,29)/i2D3. The van der Waals surface area contributed by atoms with Gasteiger partial charge >= 0.3 is 0 Å². The summed E-state index contributed by atoms with van der Waals surface area (Å²) in [5, 5.41) is 23.7. The first kappa shape index (κ1) is 16.0. The zero-order valence-electron chi connectivity index (χ0n) is 19.3. The van der Waals surface area contributed by atoms with E-state index < -0.39 is 12.9 Å². The Kier molecular flexibility index (Phi) is 4.18. The van der Waals surface area contributed by atoms with Gasteiger partial charge in [0, 0.05) is 47.4 Å². The van der Waals surface area contributed by atoms with Gasteiger partial charge in [-0.1, -0.05) is 0 Å². The Morgan fingerprint density at radius 1 is 1.30 bits per heavy atom. The molecule has 0 spiro atoms. The molecule has 11 heteroatoms. The van der Waals surface area contributed by atoms with Crippen LogP contribution in [0.1, 0.15) is 33.0 Å². The molecule has 0 aliphatic heterocycles. The Bertz CT molecular complexity index is 1220. The lowest BCUT2D eigenvalue weighted by Crippen LogP contribution is -2.22. The van der Waals surface area contributed by atoms with Crippen molar-refractivity contribution in [3.63, 3.8) is 0 Å². The SMILES string of the molecule is [2H]C([2H])([2H])NC(=O)c1nnc(NC(=O)C2CC2)cc1Nc1nccc(-c2cnn(C)n2)c1C. The maximum atomic E-state index is 12.6. The van der Waals surface area contributed by atoms with Crippen molar-refractivity contribution in [2.24, 2.45) is 13.0 Å². The van der Waals surface area contributed by atoms with E-state index in [4.69, 9.17) is 4.11 Å². The number of hydrogen-bond donors (Lipinski definition) is 3. The van der Waals surface area contributed by atoms with Crippen molar-refractivity contribution in [2.45, 2.75) is 19.8 Å². The van der Waals surface area contributed by atoms with Crippen molar-refractivity contribution in [1.82, 2.24) is 35.5 Å². The molecule has 3 heterocycles. The summed E-state index contributed by atoms with van der Waals surface area (Å²) in [6, 6.07) is 3.19. The van der Waals surface area contributed by atoms with Crippen LogP contribution in [-0.4, -0.2) is 49.0 Å². The summed E-state index contributed by atoms with van der Waals surface area (Å²) in [6.45, 7) is -0.902. The van der Waals surface area contributed by atoms with Gasteiger partial charge in [0.2, 0.25) is 5.91 Å². The highest BCUT2D eigenvalue weighted by atomic mass is 16.2. The van der Waals surface area contributed by atoms with Crippen molar-refractivity contribution in [3.8, 4) is 11.3 Å². The highest BCUT2D eigenvalue weighted by Crippen LogP contribution is 2.31. The summed E-state index contributed by atoms with van der Waals surface area (Å²) < 4.78 is 21.9. The lowest BCUT2D eigenvalue weighted by Gasteiger charge is -2.14. The second-order valence-electron chi connectivity index (χ2n) is 6.89. The highest BCUT2D eigenvalue weighted by Gasteiger charge is 2.30. The van der Waals surface area contributed by atoms with Crippen molar-refractivity contribution in [3.05, 3.63) is 35.8 Å². The maximum Gasteiger partial charge on any atom is 0.273 e. The van der Waals surface area contributed by atoms with Gasteiger partial charge in [-0.15, -0.1) is 10.2 Å². The Labute approximate surface area is 176 Å². The molecule has 0 saturated heterocycles. The average Bonchev–Trinajstić information content (AvgIpc) is 3.50. The lowest BCUT2D eigenvalue weighted by atomic mass is 10.1. The second kappa shape index (κ2) is 7.85. The first-order chi connectivity index (χ1) is 15.6. The summed E-state index contributed by atoms with van der Waals surface area (Å²) in [5.41, 5.74) is 1.97. The van der Waals surface area contributed by atoms with Crippen LogP contribution in [0.4, 0.5) is 17.3 Å². The van der Waals surface area contributed by atoms with Crippen molar-refractivity contribution in [2.75, 3.05) is 17.6 Å². The number of nitrogens with zero attached hydrogens (tertiary/aromatic N) is 6. The zero-order chi connectivity index (χ0) is 23.8. The van der Waals surface area contributed by atoms with Gasteiger partial charge in [0.25, 0.3) is 5.91 Å². The number of nitrogens with one attached hydrogen (secondary N) is 3. The van der Waals surface area contributed by atoms with E-state index in [0.717, 1.165) is 18.4 Å². The lowest BCUT2D eigenvalue weighted by molar-refractivity contribution is -0.117. The minimum Gasteiger partial charge on any atom is -0.354 e. The Morgan fingerprint density at radius 3 is 2.83 bits per heavy atom. The van der Waals surface area contributed by atoms with Gasteiger partial charge in [-0.05, 0) is 25.8 Å². The third-order valence-electron chi connectivity index (χ3n) is 4.65. The average molecular weight is 410 g/mol. The number of amides is 2. The number of carbonyl (C=O) groups is 2. The number of aryl methyl sites for hydroxylation is 1. The predicted molar refractivity (Wildman–Crippen MR) is 109 cm³/mol. The van der Waals surface area contributed by atoms with Gasteiger partial charge < -0.3 is 16.0 Å². The summed E-state index contributed by atoms with van der Waals surface area (Å²) in [4.78, 5) is 30.4. The molecule has 0 atom stereocenters. The minimum absolute atomic E-state index is 0.0608. The number of carbonyl (C=O) groups excluding carboxylic acids is 2. The topological polar surface area (TPSA) is 140 Å². The molecular weight excluding hydrogens is 386 g/mol. The number of aromatic nitrogens is 6. The van der Waals surface area contributed by atoms with Gasteiger partial charge in [-0.25, -0.2) is 4.98 Å². The summed E-state index contributed by atoms with van der Waals surface area (Å²) in [5.74, 6) is -0.688. The monoisotopic (exact) mass is 410 g/mol. The number of pyridine rings is 1. The first-order valence-corrected chi connectivity index (χ1v) is 9.21. The van der Waals surface area contributed by atoms with E-state index in [9.17, 15) is 9.59 Å². The molecule has 0 unspecified atom stereocenters. The molecule has 1 fully saturated rings. The van der Waals surface area contributed by atoms with E-state index in [1.165, 1.54) is 10.9 Å². The molecular formula is C19H21N9O2. The van der Waals surface area contributed by atoms with E-state index in [1.54, 1.807) is 25.5 Å². The minimum atomic E-state index is -2.71. The summed E-state index contributed by atoms with van der Waals surface area (Å²) in [7, 11) is 1.70. The van der Waals surface area contributed by atoms with E-state index in [2.05, 4.69) is 36.0 Å². The van der Waals surface area contributed by atoms with Crippen LogP contribution in [0.25, 0.3) is 11.3 Å². The third kappa shape index (κ3) is 3.95. The first-order valence-electron chi connectivity index (χ1n) is 10.7. The molecule has 30 heavy (non-hydrogen) atoms. The van der Waals surface area contributed by atoms with Crippen LogP contribution in [0.3, 0.4) is 0 Å². The highest BCUT2D eigenvalue weighted by molar-refractivity contribution is 5.99. The molecule has 0 aromatic carbocycles. The predicted octanol–water partition coefficient (Wildman–Crippen LogP) is 1.43. The Hall–Kier alpha value is -3.89. The molecule has 11 nitrogen and oxygen atoms in total. The third-order valence-corrected chi connectivity index (χ3v) is 4.65. The van der Waals surface area contributed by atoms with Crippen LogP contribution >= 0.6 is 0 Å². The largest absolute Gasteiger partial charge is 0.354 e. The molecule has 3 aromatic heterocycles. The van der Waals surface area contributed by atoms with Crippen LogP contribution in [0.5, 0.6) is 0 Å². The van der Waals surface area contributed by atoms with Gasteiger partial charge in [0.05, 0.1) is 11.9 Å². The van der Waals surface area contributed by atoms with E-state index in [0.29, 0.717) is 17.1 Å². The van der Waals surface area contributed by atoms with Gasteiger partial charge in [0.15, 0.2) is 11.5 Å². The fourth-order valence-corrected chi connectivity index (χ4v) is 2.88. The van der Waals surface area contributed by atoms with E-state index >= 15 is 0 Å². The van der Waals surface area contributed by atoms with Gasteiger partial charge in [0.1, 0.15) is 11.5 Å². The molecule has 4 rings (SSSR count). The number of hydrogen-bond acceptors (Lipinski definition) is 8. The number of anilines is 3. The van der Waals surface area contributed by atoms with Crippen molar-refractivity contribution in [1.29, 1.82) is 0 Å². The van der Waals surface area contributed by atoms with Crippen LogP contribution in [-0.2, 0) is 11.8 Å². The summed E-state index contributed by atoms with van der Waals surface area (Å²) >= 11 is 0. The molecule has 2 amide bonds. The molecule has 3 aromatic rings. The molecule has 3 N–H and O–H groups in total. The fourth-order valence-electron chi connectivity index (χ4n) is 2.88. The van der Waals surface area contributed by atoms with Crippen molar-refractivity contribution >= 4 is 29.1 Å². The van der Waals surface area contributed by atoms with E-state index in [-0.39, 0.29) is 29.0 Å². The van der Waals surface area contributed by atoms with Crippen molar-refractivity contribution < 1.29 is 13.7 Å². The van der Waals surface area contributed by atoms with Gasteiger partial charge in [-0.3, -0.25) is 9.59 Å². The van der Waals surface area contributed by atoms with Gasteiger partial charge in [-0.2, -0.15) is 15.0 Å². The smallest absolute Gasteiger partial charge is 0.273 e. The molecule has 154 valence electrons. The summed E-state index contributed by atoms with van der Waals surface area (Å²) in [6.07, 6.45) is 4.79. The Balaban J connectivity index is 1.69. The molecule has 0 bridgehead atoms. The van der Waals surface area contributed by atoms with Crippen LogP contribution < -0.4 is 16.0 Å². The zero-order valence-corrected chi connectivity index (χ0v) is 16.3. The van der Waals surface area contributed by atoms with Crippen LogP contribution in [0.2, 0.25) is 0 Å².